The molecular weight excluding hydrogens is 258 g/mol. The second kappa shape index (κ2) is 4.68. The third-order valence-electron chi connectivity index (χ3n) is 3.36. The van der Waals surface area contributed by atoms with E-state index in [1.165, 1.54) is 11.3 Å². The molecule has 17 heavy (non-hydrogen) atoms. The zero-order valence-corrected chi connectivity index (χ0v) is 11.6. The zero-order valence-electron chi connectivity index (χ0n) is 9.96. The fourth-order valence-electron chi connectivity index (χ4n) is 1.97. The first-order valence-electron chi connectivity index (χ1n) is 5.63. The number of hydrogen-bond donors (Lipinski definition) is 1. The normalized spacial score (nSPS) is 26.5. The summed E-state index contributed by atoms with van der Waals surface area (Å²) in [6, 6.07) is 1.56. The number of nitrogens with zero attached hydrogens (tertiary/aromatic N) is 1. The fraction of sp³-hybridized carbons (Fsp3) is 0.636. The number of hydrogen-bond acceptors (Lipinski definition) is 4. The van der Waals surface area contributed by atoms with E-state index >= 15 is 0 Å². The zero-order chi connectivity index (χ0) is 12.6. The molecule has 1 aromatic rings. The van der Waals surface area contributed by atoms with Gasteiger partial charge in [0.25, 0.3) is 10.0 Å². The topological polar surface area (TPSA) is 57.6 Å². The summed E-state index contributed by atoms with van der Waals surface area (Å²) < 4.78 is 26.5. The van der Waals surface area contributed by atoms with Crippen LogP contribution in [-0.4, -0.2) is 30.9 Å². The van der Waals surface area contributed by atoms with Crippen LogP contribution in [0.25, 0.3) is 0 Å². The largest absolute Gasteiger partial charge is 0.392 e. The van der Waals surface area contributed by atoms with Crippen LogP contribution >= 0.6 is 11.3 Å². The summed E-state index contributed by atoms with van der Waals surface area (Å²) >= 11 is 1.18. The maximum absolute atomic E-state index is 12.3. The summed E-state index contributed by atoms with van der Waals surface area (Å²) in [4.78, 5) is 0. The lowest BCUT2D eigenvalue weighted by molar-refractivity contribution is 0.282. The Kier molecular flexibility index (Phi) is 3.58. The third kappa shape index (κ3) is 2.40. The van der Waals surface area contributed by atoms with Crippen LogP contribution in [-0.2, 0) is 16.6 Å². The van der Waals surface area contributed by atoms with Crippen LogP contribution in [0, 0.1) is 11.8 Å². The highest BCUT2D eigenvalue weighted by atomic mass is 32.2. The average Bonchev–Trinajstić information content (AvgIpc) is 2.87. The highest BCUT2D eigenvalue weighted by Gasteiger charge is 2.35. The highest BCUT2D eigenvalue weighted by Crippen LogP contribution is 2.30. The van der Waals surface area contributed by atoms with Crippen LogP contribution in [0.15, 0.2) is 15.7 Å². The van der Waals surface area contributed by atoms with E-state index in [0.29, 0.717) is 34.7 Å². The monoisotopic (exact) mass is 275 g/mol. The van der Waals surface area contributed by atoms with E-state index < -0.39 is 10.0 Å². The standard InChI is InChI=1S/C11H17NO3S2/c1-8-4-12(5-9(8)2)17(14,15)11-3-10(6-13)7-16-11/h3,7-9,13H,4-6H2,1-2H3. The first-order valence-corrected chi connectivity index (χ1v) is 7.95. The Hall–Kier alpha value is -0.430. The molecule has 1 N–H and O–H groups in total. The van der Waals surface area contributed by atoms with Crippen molar-refractivity contribution in [3.63, 3.8) is 0 Å². The van der Waals surface area contributed by atoms with Crippen molar-refractivity contribution in [3.05, 3.63) is 17.0 Å². The van der Waals surface area contributed by atoms with Gasteiger partial charge < -0.3 is 5.11 Å². The molecule has 0 saturated carbocycles. The molecule has 0 spiro atoms. The average molecular weight is 275 g/mol. The van der Waals surface area contributed by atoms with Crippen molar-refractivity contribution >= 4 is 21.4 Å². The molecule has 96 valence electrons. The van der Waals surface area contributed by atoms with Crippen molar-refractivity contribution in [2.24, 2.45) is 11.8 Å². The molecule has 6 heteroatoms. The van der Waals surface area contributed by atoms with Crippen molar-refractivity contribution in [3.8, 4) is 0 Å². The van der Waals surface area contributed by atoms with E-state index in [1.54, 1.807) is 15.8 Å². The van der Waals surface area contributed by atoms with E-state index in [4.69, 9.17) is 5.11 Å². The molecule has 4 nitrogen and oxygen atoms in total. The van der Waals surface area contributed by atoms with E-state index in [1.807, 2.05) is 0 Å². The second-order valence-electron chi connectivity index (χ2n) is 4.71. The Labute approximate surface area is 106 Å². The number of sulfonamides is 1. The van der Waals surface area contributed by atoms with Gasteiger partial charge in [-0.15, -0.1) is 11.3 Å². The molecule has 1 aromatic heterocycles. The molecule has 1 aliphatic heterocycles. The van der Waals surface area contributed by atoms with Gasteiger partial charge in [0, 0.05) is 13.1 Å². The number of thiophene rings is 1. The lowest BCUT2D eigenvalue weighted by Crippen LogP contribution is -2.28. The summed E-state index contributed by atoms with van der Waals surface area (Å²) in [6.45, 7) is 5.23. The smallest absolute Gasteiger partial charge is 0.252 e. The van der Waals surface area contributed by atoms with Gasteiger partial charge in [-0.25, -0.2) is 8.42 Å². The molecule has 1 fully saturated rings. The molecule has 0 aromatic carbocycles. The van der Waals surface area contributed by atoms with Gasteiger partial charge in [0.2, 0.25) is 0 Å². The molecule has 1 saturated heterocycles. The molecule has 0 amide bonds. The number of aliphatic hydroxyl groups excluding tert-OH is 1. The summed E-state index contributed by atoms with van der Waals surface area (Å²) in [5.41, 5.74) is 0.661. The first kappa shape index (κ1) is 13.0. The van der Waals surface area contributed by atoms with Crippen molar-refractivity contribution < 1.29 is 13.5 Å². The van der Waals surface area contributed by atoms with E-state index in [-0.39, 0.29) is 6.61 Å². The first-order chi connectivity index (χ1) is 7.95. The van der Waals surface area contributed by atoms with Crippen molar-refractivity contribution in [2.45, 2.75) is 24.7 Å². The highest BCUT2D eigenvalue weighted by molar-refractivity contribution is 7.91. The molecule has 1 aliphatic rings. The Bertz CT molecular complexity index is 485. The Balaban J connectivity index is 2.25. The summed E-state index contributed by atoms with van der Waals surface area (Å²) in [5.74, 6) is 0.809. The van der Waals surface area contributed by atoms with Gasteiger partial charge in [0.1, 0.15) is 4.21 Å². The Morgan fingerprint density at radius 1 is 1.41 bits per heavy atom. The van der Waals surface area contributed by atoms with Crippen LogP contribution < -0.4 is 0 Å². The SMILES string of the molecule is CC1CN(S(=O)(=O)c2cc(CO)cs2)CC1C. The van der Waals surface area contributed by atoms with E-state index in [0.717, 1.165) is 0 Å². The Morgan fingerprint density at radius 2 is 2.00 bits per heavy atom. The van der Waals surface area contributed by atoms with Gasteiger partial charge in [-0.2, -0.15) is 4.31 Å². The molecule has 2 rings (SSSR count). The Morgan fingerprint density at radius 3 is 2.47 bits per heavy atom. The summed E-state index contributed by atoms with van der Waals surface area (Å²) in [5, 5.41) is 10.7. The number of aliphatic hydroxyl groups is 1. The maximum Gasteiger partial charge on any atom is 0.252 e. The van der Waals surface area contributed by atoms with Crippen molar-refractivity contribution in [1.29, 1.82) is 0 Å². The molecule has 2 heterocycles. The minimum Gasteiger partial charge on any atom is -0.392 e. The molecule has 2 atom stereocenters. The maximum atomic E-state index is 12.3. The summed E-state index contributed by atoms with van der Waals surface area (Å²) in [6.07, 6.45) is 0. The molecular formula is C11H17NO3S2. The minimum atomic E-state index is -3.35. The van der Waals surface area contributed by atoms with Gasteiger partial charge in [-0.3, -0.25) is 0 Å². The molecule has 0 bridgehead atoms. The van der Waals surface area contributed by atoms with Gasteiger partial charge >= 0.3 is 0 Å². The van der Waals surface area contributed by atoms with Gasteiger partial charge in [0.15, 0.2) is 0 Å². The van der Waals surface area contributed by atoms with E-state index in [9.17, 15) is 8.42 Å². The van der Waals surface area contributed by atoms with Gasteiger partial charge in [-0.05, 0) is 28.8 Å². The van der Waals surface area contributed by atoms with Crippen LogP contribution in [0.3, 0.4) is 0 Å². The lowest BCUT2D eigenvalue weighted by atomic mass is 10.0. The van der Waals surface area contributed by atoms with Crippen molar-refractivity contribution in [2.75, 3.05) is 13.1 Å². The quantitative estimate of drug-likeness (QED) is 0.910. The van der Waals surface area contributed by atoms with E-state index in [2.05, 4.69) is 13.8 Å². The van der Waals surface area contributed by atoms with Gasteiger partial charge in [0.05, 0.1) is 6.61 Å². The predicted octanol–water partition coefficient (Wildman–Crippen LogP) is 1.52. The molecule has 0 radical (unpaired) electrons. The second-order valence-corrected chi connectivity index (χ2v) is 7.78. The van der Waals surface area contributed by atoms with Crippen LogP contribution in [0.1, 0.15) is 19.4 Å². The fourth-order valence-corrected chi connectivity index (χ4v) is 4.97. The minimum absolute atomic E-state index is 0.112. The summed E-state index contributed by atoms with van der Waals surface area (Å²) in [7, 11) is -3.35. The predicted molar refractivity (Wildman–Crippen MR) is 67.3 cm³/mol. The van der Waals surface area contributed by atoms with Crippen LogP contribution in [0.5, 0.6) is 0 Å². The van der Waals surface area contributed by atoms with Crippen LogP contribution in [0.2, 0.25) is 0 Å². The number of rotatable bonds is 3. The van der Waals surface area contributed by atoms with Crippen LogP contribution in [0.4, 0.5) is 0 Å². The molecule has 0 aliphatic carbocycles. The third-order valence-corrected chi connectivity index (χ3v) is 6.66. The van der Waals surface area contributed by atoms with Crippen molar-refractivity contribution in [1.82, 2.24) is 4.31 Å². The lowest BCUT2D eigenvalue weighted by Gasteiger charge is -2.14. The molecule has 2 unspecified atom stereocenters. The van der Waals surface area contributed by atoms with Gasteiger partial charge in [-0.1, -0.05) is 13.8 Å².